The highest BCUT2D eigenvalue weighted by atomic mass is 35.5. The second-order valence-corrected chi connectivity index (χ2v) is 7.01. The van der Waals surface area contributed by atoms with E-state index in [-0.39, 0.29) is 0 Å². The topological polar surface area (TPSA) is 73.3 Å². The van der Waals surface area contributed by atoms with Crippen LogP contribution in [0.2, 0.25) is 5.02 Å². The van der Waals surface area contributed by atoms with Crippen molar-refractivity contribution in [2.75, 3.05) is 19.0 Å². The van der Waals surface area contributed by atoms with E-state index in [0.717, 1.165) is 17.5 Å². The van der Waals surface area contributed by atoms with E-state index in [0.29, 0.717) is 35.2 Å². The first kappa shape index (κ1) is 20.0. The Kier molecular flexibility index (Phi) is 7.21. The van der Waals surface area contributed by atoms with Crippen molar-refractivity contribution in [3.63, 3.8) is 0 Å². The average Bonchev–Trinajstić information content (AvgIpc) is 2.60. The molecular formula is C19H24ClN3O3. The summed E-state index contributed by atoms with van der Waals surface area (Å²) in [5.74, 6) is 1.86. The van der Waals surface area contributed by atoms with Crippen LogP contribution in [0.5, 0.6) is 5.88 Å². The van der Waals surface area contributed by atoms with E-state index in [4.69, 9.17) is 16.3 Å². The van der Waals surface area contributed by atoms with Crippen LogP contribution in [0.15, 0.2) is 30.6 Å². The van der Waals surface area contributed by atoms with Gasteiger partial charge < -0.3 is 9.47 Å². The molecular weight excluding hydrogens is 354 g/mol. The summed E-state index contributed by atoms with van der Waals surface area (Å²) in [5.41, 5.74) is 1.62. The smallest absolute Gasteiger partial charge is 0.412 e. The molecule has 0 saturated heterocycles. The molecule has 2 aromatic heterocycles. The van der Waals surface area contributed by atoms with Gasteiger partial charge in [-0.15, -0.1) is 0 Å². The number of carbonyl (C=O) groups is 1. The first-order valence-electron chi connectivity index (χ1n) is 8.48. The van der Waals surface area contributed by atoms with E-state index < -0.39 is 6.09 Å². The number of hydrogen-bond acceptors (Lipinski definition) is 5. The number of methoxy groups -OCH3 is 1. The lowest BCUT2D eigenvalue weighted by molar-refractivity contribution is 0.187. The Morgan fingerprint density at radius 3 is 2.65 bits per heavy atom. The van der Waals surface area contributed by atoms with Gasteiger partial charge in [0.15, 0.2) is 0 Å². The SMILES string of the molecule is COC(=O)Nc1cc(-c2cnc(OCC(C)CC(C)C)c(Cl)c2)ccn1. The Bertz CT molecular complexity index is 753. The summed E-state index contributed by atoms with van der Waals surface area (Å²) < 4.78 is 10.3. The van der Waals surface area contributed by atoms with Gasteiger partial charge in [0, 0.05) is 18.0 Å². The molecule has 0 aromatic carbocycles. The summed E-state index contributed by atoms with van der Waals surface area (Å²) in [4.78, 5) is 19.7. The maximum Gasteiger partial charge on any atom is 0.412 e. The van der Waals surface area contributed by atoms with Gasteiger partial charge in [0.1, 0.15) is 10.8 Å². The normalized spacial score (nSPS) is 11.9. The third-order valence-corrected chi connectivity index (χ3v) is 3.97. The fourth-order valence-corrected chi connectivity index (χ4v) is 2.84. The molecule has 0 fully saturated rings. The van der Waals surface area contributed by atoms with Crippen molar-refractivity contribution in [3.8, 4) is 17.0 Å². The van der Waals surface area contributed by atoms with Gasteiger partial charge in [0.2, 0.25) is 5.88 Å². The Balaban J connectivity index is 2.09. The van der Waals surface area contributed by atoms with Gasteiger partial charge in [-0.25, -0.2) is 14.8 Å². The lowest BCUT2D eigenvalue weighted by Gasteiger charge is -2.15. The molecule has 1 atom stereocenters. The molecule has 1 unspecified atom stereocenters. The molecule has 2 heterocycles. The zero-order valence-corrected chi connectivity index (χ0v) is 16.2. The van der Waals surface area contributed by atoms with Crippen molar-refractivity contribution in [3.05, 3.63) is 35.6 Å². The highest BCUT2D eigenvalue weighted by Gasteiger charge is 2.11. The van der Waals surface area contributed by atoms with Crippen LogP contribution in [-0.4, -0.2) is 29.8 Å². The van der Waals surface area contributed by atoms with Crippen LogP contribution in [-0.2, 0) is 4.74 Å². The van der Waals surface area contributed by atoms with E-state index in [2.05, 4.69) is 40.8 Å². The molecule has 0 aliphatic heterocycles. The third kappa shape index (κ3) is 5.88. The van der Waals surface area contributed by atoms with Crippen LogP contribution >= 0.6 is 11.6 Å². The number of amides is 1. The van der Waals surface area contributed by atoms with Gasteiger partial charge in [-0.3, -0.25) is 5.32 Å². The number of carbonyl (C=O) groups excluding carboxylic acids is 1. The first-order chi connectivity index (χ1) is 12.4. The molecule has 26 heavy (non-hydrogen) atoms. The fraction of sp³-hybridized carbons (Fsp3) is 0.421. The van der Waals surface area contributed by atoms with Crippen molar-refractivity contribution >= 4 is 23.5 Å². The monoisotopic (exact) mass is 377 g/mol. The average molecular weight is 378 g/mol. The van der Waals surface area contributed by atoms with Crippen molar-refractivity contribution in [2.45, 2.75) is 27.2 Å². The van der Waals surface area contributed by atoms with Gasteiger partial charge in [-0.1, -0.05) is 32.4 Å². The van der Waals surface area contributed by atoms with Crippen LogP contribution in [0, 0.1) is 11.8 Å². The summed E-state index contributed by atoms with van der Waals surface area (Å²) >= 11 is 6.32. The second kappa shape index (κ2) is 9.38. The lowest BCUT2D eigenvalue weighted by Crippen LogP contribution is -2.12. The number of halogens is 1. The number of nitrogens with zero attached hydrogens (tertiary/aromatic N) is 2. The minimum Gasteiger partial charge on any atom is -0.476 e. The van der Waals surface area contributed by atoms with E-state index in [9.17, 15) is 4.79 Å². The molecule has 2 rings (SSSR count). The Labute approximate surface area is 158 Å². The molecule has 0 aliphatic carbocycles. The minimum absolute atomic E-state index is 0.383. The first-order valence-corrected chi connectivity index (χ1v) is 8.86. The summed E-state index contributed by atoms with van der Waals surface area (Å²) in [5, 5.41) is 2.97. The van der Waals surface area contributed by atoms with Crippen molar-refractivity contribution in [2.24, 2.45) is 11.8 Å². The molecule has 2 aromatic rings. The number of hydrogen-bond donors (Lipinski definition) is 1. The zero-order valence-electron chi connectivity index (χ0n) is 15.5. The van der Waals surface area contributed by atoms with Crippen LogP contribution in [0.1, 0.15) is 27.2 Å². The maximum atomic E-state index is 11.3. The minimum atomic E-state index is -0.579. The van der Waals surface area contributed by atoms with Crippen LogP contribution in [0.3, 0.4) is 0 Å². The zero-order chi connectivity index (χ0) is 19.1. The highest BCUT2D eigenvalue weighted by Crippen LogP contribution is 2.29. The van der Waals surface area contributed by atoms with Gasteiger partial charge in [0.25, 0.3) is 0 Å². The number of ether oxygens (including phenoxy) is 2. The van der Waals surface area contributed by atoms with Crippen molar-refractivity contribution in [1.29, 1.82) is 0 Å². The Morgan fingerprint density at radius 2 is 2.00 bits per heavy atom. The summed E-state index contributed by atoms with van der Waals surface area (Å²) in [6.45, 7) is 7.10. The van der Waals surface area contributed by atoms with Crippen LogP contribution in [0.25, 0.3) is 11.1 Å². The van der Waals surface area contributed by atoms with E-state index in [1.54, 1.807) is 30.6 Å². The lowest BCUT2D eigenvalue weighted by atomic mass is 10.00. The molecule has 140 valence electrons. The Hall–Kier alpha value is -2.34. The molecule has 0 spiro atoms. The molecule has 1 amide bonds. The molecule has 6 nitrogen and oxygen atoms in total. The third-order valence-electron chi connectivity index (χ3n) is 3.69. The summed E-state index contributed by atoms with van der Waals surface area (Å²) in [6.07, 6.45) is 3.78. The van der Waals surface area contributed by atoms with Gasteiger partial charge in [-0.2, -0.15) is 0 Å². The molecule has 0 saturated carbocycles. The predicted molar refractivity (Wildman–Crippen MR) is 103 cm³/mol. The number of aromatic nitrogens is 2. The van der Waals surface area contributed by atoms with E-state index in [1.807, 2.05) is 0 Å². The predicted octanol–water partition coefficient (Wildman–Crippen LogP) is 5.04. The number of anilines is 1. The van der Waals surface area contributed by atoms with Crippen molar-refractivity contribution in [1.82, 2.24) is 9.97 Å². The standard InChI is InChI=1S/C19H24ClN3O3/c1-12(2)7-13(3)11-26-18-16(20)8-15(10-22-18)14-5-6-21-17(9-14)23-19(24)25-4/h5-6,8-10,12-13H,7,11H2,1-4H3,(H,21,23,24). The number of nitrogens with one attached hydrogen (secondary N) is 1. The second-order valence-electron chi connectivity index (χ2n) is 6.60. The molecule has 0 aliphatic rings. The largest absolute Gasteiger partial charge is 0.476 e. The van der Waals surface area contributed by atoms with Gasteiger partial charge in [0.05, 0.1) is 13.7 Å². The molecule has 0 radical (unpaired) electrons. The maximum absolute atomic E-state index is 11.3. The fourth-order valence-electron chi connectivity index (χ4n) is 2.62. The molecule has 7 heteroatoms. The summed E-state index contributed by atoms with van der Waals surface area (Å²) in [6, 6.07) is 5.31. The van der Waals surface area contributed by atoms with Gasteiger partial charge >= 0.3 is 6.09 Å². The summed E-state index contributed by atoms with van der Waals surface area (Å²) in [7, 11) is 1.30. The van der Waals surface area contributed by atoms with Gasteiger partial charge in [-0.05, 0) is 42.0 Å². The Morgan fingerprint density at radius 1 is 1.23 bits per heavy atom. The molecule has 0 bridgehead atoms. The van der Waals surface area contributed by atoms with Crippen molar-refractivity contribution < 1.29 is 14.3 Å². The van der Waals surface area contributed by atoms with E-state index in [1.165, 1.54) is 7.11 Å². The quantitative estimate of drug-likeness (QED) is 0.731. The number of rotatable bonds is 7. The highest BCUT2D eigenvalue weighted by molar-refractivity contribution is 6.32. The van der Waals surface area contributed by atoms with Crippen LogP contribution in [0.4, 0.5) is 10.6 Å². The van der Waals surface area contributed by atoms with Crippen LogP contribution < -0.4 is 10.1 Å². The van der Waals surface area contributed by atoms with E-state index >= 15 is 0 Å². The number of pyridine rings is 2. The molecule has 1 N–H and O–H groups in total.